The molecule has 2 aromatic carbocycles. The van der Waals surface area contributed by atoms with Crippen molar-refractivity contribution in [3.05, 3.63) is 71.8 Å². The number of nitrogens with one attached hydrogen (secondary N) is 3. The molecule has 0 aromatic heterocycles. The van der Waals surface area contributed by atoms with Crippen molar-refractivity contribution in [3.8, 4) is 0 Å². The summed E-state index contributed by atoms with van der Waals surface area (Å²) in [5, 5.41) is 14.3. The lowest BCUT2D eigenvalue weighted by Crippen LogP contribution is -2.32. The van der Waals surface area contributed by atoms with Gasteiger partial charge in [-0.15, -0.1) is 0 Å². The Morgan fingerprint density at radius 1 is 1.12 bits per heavy atom. The van der Waals surface area contributed by atoms with E-state index in [2.05, 4.69) is 24.5 Å². The van der Waals surface area contributed by atoms with E-state index in [0.29, 0.717) is 18.3 Å². The van der Waals surface area contributed by atoms with Crippen LogP contribution in [0.2, 0.25) is 0 Å². The van der Waals surface area contributed by atoms with Crippen molar-refractivity contribution in [2.45, 2.75) is 47.2 Å². The first-order valence-electron chi connectivity index (χ1n) is 11.2. The highest BCUT2D eigenvalue weighted by Gasteiger charge is 2.16. The first kappa shape index (κ1) is 28.2. The molecule has 2 rings (SSSR count). The summed E-state index contributed by atoms with van der Waals surface area (Å²) in [5.41, 5.74) is 8.80. The van der Waals surface area contributed by atoms with Gasteiger partial charge < -0.3 is 21.1 Å². The van der Waals surface area contributed by atoms with Gasteiger partial charge in [0.15, 0.2) is 0 Å². The van der Waals surface area contributed by atoms with Crippen molar-refractivity contribution in [2.24, 2.45) is 11.1 Å². The molecule has 0 spiro atoms. The van der Waals surface area contributed by atoms with Crippen LogP contribution in [-0.2, 0) is 16.1 Å². The standard InChI is InChI=1S/C24H31N3O2.C3H9N/c1-18(20-8-6-5-7-9-20)14-22(25)23(28)27-21-12-10-19(11-13-21)15-26-16-24(2,3)17-29-4;1-3(2)4/h5-14,25-26H,15-17H2,1-4H3,(H,27,28);3H,4H2,1-2H3/b18-14+,25-22?;. The molecule has 33 heavy (non-hydrogen) atoms. The molecule has 180 valence electrons. The average molecular weight is 453 g/mol. The molecule has 1 amide bonds. The van der Waals surface area contributed by atoms with Gasteiger partial charge in [-0.25, -0.2) is 0 Å². The monoisotopic (exact) mass is 452 g/mol. The molecular formula is C27H40N4O2. The highest BCUT2D eigenvalue weighted by Crippen LogP contribution is 2.15. The second-order valence-electron chi connectivity index (χ2n) is 9.20. The number of ether oxygens (including phenoxy) is 1. The number of hydrogen-bond donors (Lipinski definition) is 4. The fraction of sp³-hybridized carbons (Fsp3) is 0.407. The number of carbonyl (C=O) groups is 1. The van der Waals surface area contributed by atoms with Crippen molar-refractivity contribution in [2.75, 3.05) is 25.6 Å². The zero-order chi connectivity index (χ0) is 24.9. The minimum atomic E-state index is -0.424. The predicted molar refractivity (Wildman–Crippen MR) is 140 cm³/mol. The van der Waals surface area contributed by atoms with Crippen LogP contribution in [0.4, 0.5) is 5.69 Å². The van der Waals surface area contributed by atoms with E-state index in [9.17, 15) is 4.79 Å². The van der Waals surface area contributed by atoms with E-state index in [1.165, 1.54) is 0 Å². The predicted octanol–water partition coefficient (Wildman–Crippen LogP) is 4.86. The molecule has 0 saturated heterocycles. The molecule has 6 nitrogen and oxygen atoms in total. The Hall–Kier alpha value is -2.80. The normalized spacial score (nSPS) is 11.6. The third kappa shape index (κ3) is 12.1. The lowest BCUT2D eigenvalue weighted by atomic mass is 9.95. The van der Waals surface area contributed by atoms with Crippen LogP contribution < -0.4 is 16.4 Å². The smallest absolute Gasteiger partial charge is 0.273 e. The summed E-state index contributed by atoms with van der Waals surface area (Å²) in [7, 11) is 1.72. The number of methoxy groups -OCH3 is 1. The molecule has 5 N–H and O–H groups in total. The Morgan fingerprint density at radius 2 is 1.70 bits per heavy atom. The van der Waals surface area contributed by atoms with Crippen LogP contribution in [0, 0.1) is 10.8 Å². The summed E-state index contributed by atoms with van der Waals surface area (Å²) in [6.45, 7) is 12.4. The van der Waals surface area contributed by atoms with E-state index >= 15 is 0 Å². The number of benzene rings is 2. The Bertz CT molecular complexity index is 885. The van der Waals surface area contributed by atoms with Crippen LogP contribution in [0.25, 0.3) is 5.57 Å². The van der Waals surface area contributed by atoms with E-state index in [-0.39, 0.29) is 11.1 Å². The Morgan fingerprint density at radius 3 is 2.24 bits per heavy atom. The van der Waals surface area contributed by atoms with Gasteiger partial charge in [-0.05, 0) is 47.9 Å². The summed E-state index contributed by atoms with van der Waals surface area (Å²) < 4.78 is 5.23. The number of anilines is 1. The second kappa shape index (κ2) is 14.4. The van der Waals surface area contributed by atoms with Gasteiger partial charge >= 0.3 is 0 Å². The first-order chi connectivity index (χ1) is 15.5. The molecule has 0 aliphatic rings. The van der Waals surface area contributed by atoms with Crippen molar-refractivity contribution >= 4 is 22.9 Å². The van der Waals surface area contributed by atoms with Crippen LogP contribution in [0.15, 0.2) is 60.7 Å². The van der Waals surface area contributed by atoms with Crippen molar-refractivity contribution < 1.29 is 9.53 Å². The molecule has 0 aliphatic heterocycles. The molecule has 0 fully saturated rings. The van der Waals surface area contributed by atoms with Crippen LogP contribution in [0.5, 0.6) is 0 Å². The maximum atomic E-state index is 12.3. The van der Waals surface area contributed by atoms with Crippen LogP contribution >= 0.6 is 0 Å². The summed E-state index contributed by atoms with van der Waals surface area (Å²) in [5.74, 6) is -0.424. The van der Waals surface area contributed by atoms with Crippen LogP contribution in [0.3, 0.4) is 0 Å². The Kier molecular flexibility index (Phi) is 12.3. The van der Waals surface area contributed by atoms with E-state index < -0.39 is 5.91 Å². The number of allylic oxidation sites excluding steroid dienone is 1. The minimum Gasteiger partial charge on any atom is -0.384 e. The first-order valence-corrected chi connectivity index (χ1v) is 11.2. The van der Waals surface area contributed by atoms with Gasteiger partial charge in [0.1, 0.15) is 5.71 Å². The number of hydrogen-bond acceptors (Lipinski definition) is 5. The van der Waals surface area contributed by atoms with Crippen molar-refractivity contribution in [1.29, 1.82) is 5.41 Å². The largest absolute Gasteiger partial charge is 0.384 e. The molecule has 0 bridgehead atoms. The van der Waals surface area contributed by atoms with Gasteiger partial charge in [-0.1, -0.05) is 70.2 Å². The number of nitrogens with two attached hydrogens (primary N) is 1. The molecule has 0 radical (unpaired) electrons. The quantitative estimate of drug-likeness (QED) is 0.387. The fourth-order valence-electron chi connectivity index (χ4n) is 2.96. The lowest BCUT2D eigenvalue weighted by Gasteiger charge is -2.24. The minimum absolute atomic E-state index is 0.0718. The fourth-order valence-corrected chi connectivity index (χ4v) is 2.96. The van der Waals surface area contributed by atoms with Gasteiger partial charge in [-0.3, -0.25) is 10.2 Å². The molecule has 0 heterocycles. The second-order valence-corrected chi connectivity index (χ2v) is 9.20. The average Bonchev–Trinajstić information content (AvgIpc) is 2.75. The lowest BCUT2D eigenvalue weighted by molar-refractivity contribution is -0.110. The molecule has 0 atom stereocenters. The SMILES string of the molecule is CC(C)N.COCC(C)(C)CNCc1ccc(NC(=O)C(=N)/C=C(\C)c2ccccc2)cc1. The zero-order valence-electron chi connectivity index (χ0n) is 20.9. The zero-order valence-corrected chi connectivity index (χ0v) is 20.9. The van der Waals surface area contributed by atoms with Crippen LogP contribution in [0.1, 0.15) is 45.7 Å². The summed E-state index contributed by atoms with van der Waals surface area (Å²) >= 11 is 0. The van der Waals surface area contributed by atoms with Crippen LogP contribution in [-0.4, -0.2) is 37.9 Å². The van der Waals surface area contributed by atoms with E-state index in [4.69, 9.17) is 15.9 Å². The maximum absolute atomic E-state index is 12.3. The van der Waals surface area contributed by atoms with E-state index in [1.54, 1.807) is 13.2 Å². The molecule has 0 unspecified atom stereocenters. The van der Waals surface area contributed by atoms with Crippen molar-refractivity contribution in [3.63, 3.8) is 0 Å². The Balaban J connectivity index is 0.00000125. The third-order valence-corrected chi connectivity index (χ3v) is 4.51. The topological polar surface area (TPSA) is 100 Å². The molecule has 2 aromatic rings. The van der Waals surface area contributed by atoms with Gasteiger partial charge in [0.25, 0.3) is 5.91 Å². The molecule has 0 saturated carbocycles. The molecule has 0 aliphatic carbocycles. The summed E-state index contributed by atoms with van der Waals surface area (Å²) in [6.07, 6.45) is 1.59. The highest BCUT2D eigenvalue weighted by atomic mass is 16.5. The van der Waals surface area contributed by atoms with Gasteiger partial charge in [0, 0.05) is 31.3 Å². The van der Waals surface area contributed by atoms with Gasteiger partial charge in [0.05, 0.1) is 6.61 Å². The van der Waals surface area contributed by atoms with E-state index in [0.717, 1.165) is 29.8 Å². The maximum Gasteiger partial charge on any atom is 0.273 e. The highest BCUT2D eigenvalue weighted by molar-refractivity contribution is 6.46. The number of rotatable bonds is 10. The summed E-state index contributed by atoms with van der Waals surface area (Å²) in [4.78, 5) is 12.3. The third-order valence-electron chi connectivity index (χ3n) is 4.51. The Labute approximate surface area is 199 Å². The van der Waals surface area contributed by atoms with E-state index in [1.807, 2.05) is 75.4 Å². The van der Waals surface area contributed by atoms with Crippen molar-refractivity contribution in [1.82, 2.24) is 5.32 Å². The molecular weight excluding hydrogens is 412 g/mol. The molecule has 6 heteroatoms. The van der Waals surface area contributed by atoms with Gasteiger partial charge in [-0.2, -0.15) is 0 Å². The summed E-state index contributed by atoms with van der Waals surface area (Å²) in [6, 6.07) is 17.7. The number of carbonyl (C=O) groups excluding carboxylic acids is 1. The van der Waals surface area contributed by atoms with Gasteiger partial charge in [0.2, 0.25) is 0 Å². The number of amides is 1.